The van der Waals surface area contributed by atoms with Gasteiger partial charge in [0.2, 0.25) is 5.28 Å². The van der Waals surface area contributed by atoms with E-state index in [2.05, 4.69) is 16.9 Å². The van der Waals surface area contributed by atoms with E-state index in [0.717, 1.165) is 35.5 Å². The normalized spacial score (nSPS) is 10.9. The van der Waals surface area contributed by atoms with Gasteiger partial charge in [0.05, 0.1) is 11.4 Å². The zero-order valence-corrected chi connectivity index (χ0v) is 12.9. The lowest BCUT2D eigenvalue weighted by atomic mass is 10.1. The molecule has 0 N–H and O–H groups in total. The Balaban J connectivity index is 2.22. The lowest BCUT2D eigenvalue weighted by Crippen LogP contribution is -2.00. The average molecular weight is 316 g/mol. The quantitative estimate of drug-likeness (QED) is 0.691. The smallest absolute Gasteiger partial charge is 0.203 e. The van der Waals surface area contributed by atoms with Gasteiger partial charge in [-0.15, -0.1) is 0 Å². The number of aromatic nitrogens is 3. The molecule has 112 valence electrons. The fraction of sp³-hybridized carbons (Fsp3) is 0.176. The summed E-state index contributed by atoms with van der Waals surface area (Å²) in [5.41, 5.74) is 3.51. The van der Waals surface area contributed by atoms with Gasteiger partial charge >= 0.3 is 0 Å². The van der Waals surface area contributed by atoms with Gasteiger partial charge in [-0.25, -0.2) is 9.37 Å². The first-order valence-corrected chi connectivity index (χ1v) is 7.51. The summed E-state index contributed by atoms with van der Waals surface area (Å²) < 4.78 is 15.2. The highest BCUT2D eigenvalue weighted by Gasteiger charge is 2.18. The number of pyridine rings is 1. The molecule has 0 aliphatic rings. The van der Waals surface area contributed by atoms with Crippen LogP contribution in [0.2, 0.25) is 5.28 Å². The minimum Gasteiger partial charge on any atom is -0.314 e. The molecule has 5 heteroatoms. The topological polar surface area (TPSA) is 30.7 Å². The maximum atomic E-state index is 13.2. The average Bonchev–Trinajstić information content (AvgIpc) is 2.86. The summed E-state index contributed by atoms with van der Waals surface area (Å²) in [5, 5.41) is 0.438. The maximum absolute atomic E-state index is 13.2. The molecule has 2 heterocycles. The predicted octanol–water partition coefficient (Wildman–Crippen LogP) is 4.81. The van der Waals surface area contributed by atoms with Crippen LogP contribution in [0.5, 0.6) is 0 Å². The zero-order chi connectivity index (χ0) is 15.5. The summed E-state index contributed by atoms with van der Waals surface area (Å²) >= 11 is 6.32. The summed E-state index contributed by atoms with van der Waals surface area (Å²) in [4.78, 5) is 8.55. The molecule has 0 bridgehead atoms. The molecule has 3 aromatic rings. The Labute approximate surface area is 133 Å². The molecule has 3 rings (SSSR count). The molecule has 2 aromatic heterocycles. The van der Waals surface area contributed by atoms with Crippen molar-refractivity contribution in [3.63, 3.8) is 0 Å². The molecule has 0 fully saturated rings. The SMILES string of the molecule is CCCn1c(Cl)nc(-c2ccc(F)cc2)c1-c1ccncc1. The molecule has 0 saturated heterocycles. The third-order valence-corrected chi connectivity index (χ3v) is 3.73. The molecule has 3 nitrogen and oxygen atoms in total. The van der Waals surface area contributed by atoms with Gasteiger partial charge in [0.15, 0.2) is 0 Å². The van der Waals surface area contributed by atoms with Gasteiger partial charge in [0.25, 0.3) is 0 Å². The van der Waals surface area contributed by atoms with Crippen molar-refractivity contribution in [3.8, 4) is 22.5 Å². The molecule has 0 atom stereocenters. The highest BCUT2D eigenvalue weighted by molar-refractivity contribution is 6.29. The Morgan fingerprint density at radius 3 is 2.36 bits per heavy atom. The Hall–Kier alpha value is -2.20. The fourth-order valence-electron chi connectivity index (χ4n) is 2.46. The van der Waals surface area contributed by atoms with E-state index >= 15 is 0 Å². The predicted molar refractivity (Wildman–Crippen MR) is 86.2 cm³/mol. The van der Waals surface area contributed by atoms with Gasteiger partial charge in [0.1, 0.15) is 5.82 Å². The van der Waals surface area contributed by atoms with Crippen LogP contribution in [-0.4, -0.2) is 14.5 Å². The summed E-state index contributed by atoms with van der Waals surface area (Å²) in [6.45, 7) is 2.86. The largest absolute Gasteiger partial charge is 0.314 e. The molecular weight excluding hydrogens is 301 g/mol. The Kier molecular flexibility index (Phi) is 4.20. The van der Waals surface area contributed by atoms with E-state index in [0.29, 0.717) is 5.28 Å². The molecular formula is C17H15ClFN3. The fourth-order valence-corrected chi connectivity index (χ4v) is 2.72. The van der Waals surface area contributed by atoms with Crippen LogP contribution in [0, 0.1) is 5.82 Å². The first-order chi connectivity index (χ1) is 10.7. The maximum Gasteiger partial charge on any atom is 0.203 e. The van der Waals surface area contributed by atoms with Crippen LogP contribution in [0.3, 0.4) is 0 Å². The molecule has 22 heavy (non-hydrogen) atoms. The molecule has 0 radical (unpaired) electrons. The third-order valence-electron chi connectivity index (χ3n) is 3.44. The van der Waals surface area contributed by atoms with E-state index in [9.17, 15) is 4.39 Å². The van der Waals surface area contributed by atoms with Crippen LogP contribution >= 0.6 is 11.6 Å². The van der Waals surface area contributed by atoms with Crippen molar-refractivity contribution in [1.29, 1.82) is 0 Å². The first kappa shape index (κ1) is 14.7. The number of benzene rings is 1. The second-order valence-corrected chi connectivity index (χ2v) is 5.31. The number of nitrogens with zero attached hydrogens (tertiary/aromatic N) is 3. The second kappa shape index (κ2) is 6.28. The van der Waals surface area contributed by atoms with Gasteiger partial charge in [-0.1, -0.05) is 6.92 Å². The third kappa shape index (κ3) is 2.74. The number of rotatable bonds is 4. The van der Waals surface area contributed by atoms with E-state index in [4.69, 9.17) is 11.6 Å². The highest BCUT2D eigenvalue weighted by atomic mass is 35.5. The summed E-state index contributed by atoms with van der Waals surface area (Å²) in [7, 11) is 0. The van der Waals surface area contributed by atoms with Gasteiger partial charge in [0, 0.05) is 30.1 Å². The summed E-state index contributed by atoms with van der Waals surface area (Å²) in [6.07, 6.45) is 4.42. The number of imidazole rings is 1. The first-order valence-electron chi connectivity index (χ1n) is 7.13. The van der Waals surface area contributed by atoms with Crippen LogP contribution in [0.4, 0.5) is 4.39 Å². The molecule has 0 aliphatic heterocycles. The van der Waals surface area contributed by atoms with Crippen molar-refractivity contribution >= 4 is 11.6 Å². The molecule has 0 amide bonds. The number of hydrogen-bond acceptors (Lipinski definition) is 2. The van der Waals surface area contributed by atoms with E-state index in [1.165, 1.54) is 12.1 Å². The zero-order valence-electron chi connectivity index (χ0n) is 12.1. The van der Waals surface area contributed by atoms with Crippen molar-refractivity contribution in [1.82, 2.24) is 14.5 Å². The van der Waals surface area contributed by atoms with E-state index in [1.54, 1.807) is 24.5 Å². The lowest BCUT2D eigenvalue weighted by molar-refractivity contribution is 0.628. The second-order valence-electron chi connectivity index (χ2n) is 4.97. The van der Waals surface area contributed by atoms with E-state index < -0.39 is 0 Å². The van der Waals surface area contributed by atoms with Gasteiger partial charge in [-0.05, 0) is 54.4 Å². The van der Waals surface area contributed by atoms with Crippen molar-refractivity contribution in [3.05, 3.63) is 59.9 Å². The van der Waals surface area contributed by atoms with Crippen molar-refractivity contribution < 1.29 is 4.39 Å². The monoisotopic (exact) mass is 315 g/mol. The van der Waals surface area contributed by atoms with Crippen LogP contribution in [0.15, 0.2) is 48.8 Å². The van der Waals surface area contributed by atoms with Crippen molar-refractivity contribution in [2.75, 3.05) is 0 Å². The van der Waals surface area contributed by atoms with E-state index in [1.807, 2.05) is 16.7 Å². The van der Waals surface area contributed by atoms with Crippen LogP contribution in [0.25, 0.3) is 22.5 Å². The molecule has 0 aliphatic carbocycles. The molecule has 0 saturated carbocycles. The minimum atomic E-state index is -0.270. The van der Waals surface area contributed by atoms with Crippen LogP contribution in [-0.2, 0) is 6.54 Å². The van der Waals surface area contributed by atoms with Gasteiger partial charge < -0.3 is 4.57 Å². The molecule has 0 unspecified atom stereocenters. The number of halogens is 2. The molecule has 1 aromatic carbocycles. The highest BCUT2D eigenvalue weighted by Crippen LogP contribution is 2.34. The van der Waals surface area contributed by atoms with Crippen LogP contribution < -0.4 is 0 Å². The standard InChI is InChI=1S/C17H15ClFN3/c1-2-11-22-16(13-7-9-20-10-8-13)15(21-17(22)18)12-3-5-14(19)6-4-12/h3-10H,2,11H2,1H3. The number of hydrogen-bond donors (Lipinski definition) is 0. The Morgan fingerprint density at radius 1 is 1.05 bits per heavy atom. The van der Waals surface area contributed by atoms with Crippen molar-refractivity contribution in [2.24, 2.45) is 0 Å². The van der Waals surface area contributed by atoms with E-state index in [-0.39, 0.29) is 5.82 Å². The summed E-state index contributed by atoms with van der Waals surface area (Å²) in [6, 6.07) is 10.1. The Morgan fingerprint density at radius 2 is 1.73 bits per heavy atom. The molecule has 0 spiro atoms. The van der Waals surface area contributed by atoms with Crippen molar-refractivity contribution in [2.45, 2.75) is 19.9 Å². The van der Waals surface area contributed by atoms with Gasteiger partial charge in [-0.3, -0.25) is 4.98 Å². The Bertz CT molecular complexity index is 767. The van der Waals surface area contributed by atoms with Gasteiger partial charge in [-0.2, -0.15) is 0 Å². The minimum absolute atomic E-state index is 0.270. The lowest BCUT2D eigenvalue weighted by Gasteiger charge is -2.10. The summed E-state index contributed by atoms with van der Waals surface area (Å²) in [5.74, 6) is -0.270. The van der Waals surface area contributed by atoms with Crippen LogP contribution in [0.1, 0.15) is 13.3 Å².